The maximum atomic E-state index is 14.3. The number of fused-ring (bicyclic) bond motifs is 1. The Kier molecular flexibility index (Phi) is 8.45. The molecule has 13 heteroatoms. The predicted octanol–water partition coefficient (Wildman–Crippen LogP) is 8.52. The number of halogens is 8. The third-order valence-electron chi connectivity index (χ3n) is 7.13. The highest BCUT2D eigenvalue weighted by Gasteiger charge is 2.41. The number of methoxy groups -OCH3 is 1. The molecule has 0 aliphatic heterocycles. The van der Waals surface area contributed by atoms with E-state index in [0.717, 1.165) is 37.4 Å². The molecule has 0 unspecified atom stereocenters. The van der Waals surface area contributed by atoms with Crippen molar-refractivity contribution in [1.82, 2.24) is 9.55 Å². The van der Waals surface area contributed by atoms with Crippen molar-refractivity contribution in [3.8, 4) is 22.3 Å². The minimum atomic E-state index is -5.18. The van der Waals surface area contributed by atoms with Crippen molar-refractivity contribution in [2.24, 2.45) is 0 Å². The highest BCUT2D eigenvalue weighted by atomic mass is 35.5. The van der Waals surface area contributed by atoms with Crippen molar-refractivity contribution in [3.05, 3.63) is 123 Å². The van der Waals surface area contributed by atoms with Crippen LogP contribution in [0.15, 0.2) is 89.7 Å². The molecule has 0 N–H and O–H groups in total. The van der Waals surface area contributed by atoms with E-state index in [1.165, 1.54) is 48.5 Å². The van der Waals surface area contributed by atoms with Crippen LogP contribution in [0.2, 0.25) is 5.02 Å². The number of alkyl halides is 6. The van der Waals surface area contributed by atoms with Gasteiger partial charge in [0.15, 0.2) is 0 Å². The Balaban J connectivity index is 1.62. The highest BCUT2D eigenvalue weighted by molar-refractivity contribution is 6.31. The normalized spacial score (nSPS) is 12.7. The summed E-state index contributed by atoms with van der Waals surface area (Å²) in [5.74, 6) is -3.29. The summed E-state index contributed by atoms with van der Waals surface area (Å²) in [6, 6.07) is 15.8. The summed E-state index contributed by atoms with van der Waals surface area (Å²) < 4.78 is 100. The monoisotopic (exact) mass is 648 g/mol. The maximum absolute atomic E-state index is 14.3. The molecule has 4 aromatic carbocycles. The van der Waals surface area contributed by atoms with Crippen LogP contribution in [0.25, 0.3) is 33.2 Å². The molecule has 0 amide bonds. The van der Waals surface area contributed by atoms with Crippen LogP contribution in [0, 0.1) is 5.82 Å². The summed E-state index contributed by atoms with van der Waals surface area (Å²) in [5, 5.41) is -0.252. The van der Waals surface area contributed by atoms with Gasteiger partial charge in [-0.2, -0.15) is 26.3 Å². The smallest absolute Gasteiger partial charge is 0.449 e. The molecule has 1 aromatic heterocycles. The van der Waals surface area contributed by atoms with E-state index in [9.17, 15) is 40.3 Å². The average Bonchev–Trinajstić information content (AvgIpc) is 3.00. The van der Waals surface area contributed by atoms with Crippen LogP contribution >= 0.6 is 11.6 Å². The van der Waals surface area contributed by atoms with Crippen molar-refractivity contribution in [2.75, 3.05) is 7.11 Å². The van der Waals surface area contributed by atoms with Crippen molar-refractivity contribution < 1.29 is 40.3 Å². The van der Waals surface area contributed by atoms with Gasteiger partial charge in [0.05, 0.1) is 23.6 Å². The van der Waals surface area contributed by atoms with Gasteiger partial charge in [-0.25, -0.2) is 14.2 Å². The van der Waals surface area contributed by atoms with E-state index in [4.69, 9.17) is 16.3 Å². The number of rotatable bonds is 6. The Labute approximate surface area is 255 Å². The van der Waals surface area contributed by atoms with E-state index in [2.05, 4.69) is 4.98 Å². The lowest BCUT2D eigenvalue weighted by Gasteiger charge is -2.23. The first-order valence-corrected chi connectivity index (χ1v) is 13.5. The zero-order valence-corrected chi connectivity index (χ0v) is 23.8. The Morgan fingerprint density at radius 3 is 1.93 bits per heavy atom. The van der Waals surface area contributed by atoms with Crippen LogP contribution in [0.3, 0.4) is 0 Å². The molecule has 0 fully saturated rings. The van der Waals surface area contributed by atoms with Gasteiger partial charge in [0.25, 0.3) is 5.56 Å². The second-order valence-electron chi connectivity index (χ2n) is 9.97. The topological polar surface area (TPSA) is 61.2 Å². The number of carbonyl (C=O) groups excluding carboxylic acids is 1. The summed E-state index contributed by atoms with van der Waals surface area (Å²) in [5.41, 5.74) is -0.612. The largest absolute Gasteiger partial charge is 0.467 e. The van der Waals surface area contributed by atoms with Crippen LogP contribution in [0.4, 0.5) is 30.7 Å². The molecule has 5 aromatic rings. The number of carbonyl (C=O) groups is 1. The van der Waals surface area contributed by atoms with E-state index >= 15 is 0 Å². The SMILES string of the molecule is COC(=O)[C@@H](Cc1ccc(-c2ccc(F)cc2)cc1Cl)n1c(C(F)(F)F)nc2ccc(-c3ccc(C(F)(F)F)cc3)cc2c1=O. The zero-order valence-electron chi connectivity index (χ0n) is 23.0. The summed E-state index contributed by atoms with van der Waals surface area (Å²) in [4.78, 5) is 30.4. The fraction of sp³-hybridized carbons (Fsp3) is 0.156. The maximum Gasteiger partial charge on any atom is 0.449 e. The summed E-state index contributed by atoms with van der Waals surface area (Å²) in [6.07, 6.45) is -10.3. The van der Waals surface area contributed by atoms with Crippen LogP contribution in [-0.4, -0.2) is 22.6 Å². The average molecular weight is 649 g/mol. The van der Waals surface area contributed by atoms with E-state index in [1.54, 1.807) is 6.07 Å². The predicted molar refractivity (Wildman–Crippen MR) is 153 cm³/mol. The Morgan fingerprint density at radius 1 is 0.822 bits per heavy atom. The minimum Gasteiger partial charge on any atom is -0.467 e. The summed E-state index contributed by atoms with van der Waals surface area (Å²) in [6.45, 7) is 0. The Bertz CT molecular complexity index is 1950. The number of ether oxygens (including phenoxy) is 1. The molecule has 0 saturated carbocycles. The molecule has 0 spiro atoms. The molecule has 1 atom stereocenters. The molecule has 232 valence electrons. The van der Waals surface area contributed by atoms with E-state index in [0.29, 0.717) is 11.1 Å². The first-order valence-electron chi connectivity index (χ1n) is 13.1. The van der Waals surface area contributed by atoms with Crippen LogP contribution in [0.1, 0.15) is 23.0 Å². The van der Waals surface area contributed by atoms with Gasteiger partial charge in [-0.15, -0.1) is 0 Å². The molecule has 0 aliphatic carbocycles. The van der Waals surface area contributed by atoms with Gasteiger partial charge in [-0.1, -0.05) is 54.1 Å². The van der Waals surface area contributed by atoms with E-state index < -0.39 is 53.5 Å². The number of hydrogen-bond donors (Lipinski definition) is 0. The number of esters is 1. The summed E-state index contributed by atoms with van der Waals surface area (Å²) >= 11 is 6.46. The van der Waals surface area contributed by atoms with E-state index in [1.807, 2.05) is 0 Å². The molecule has 0 saturated heterocycles. The lowest BCUT2D eigenvalue weighted by molar-refractivity contribution is -0.153. The molecule has 1 heterocycles. The van der Waals surface area contributed by atoms with Crippen molar-refractivity contribution in [3.63, 3.8) is 0 Å². The Hall–Kier alpha value is -4.71. The van der Waals surface area contributed by atoms with Gasteiger partial charge in [-0.05, 0) is 70.3 Å². The minimum absolute atomic E-state index is 0.0608. The zero-order chi connectivity index (χ0) is 32.7. The lowest BCUT2D eigenvalue weighted by atomic mass is 9.99. The molecule has 5 rings (SSSR count). The van der Waals surface area contributed by atoms with Gasteiger partial charge >= 0.3 is 18.3 Å². The first-order chi connectivity index (χ1) is 21.2. The Morgan fingerprint density at radius 2 is 1.38 bits per heavy atom. The molecule has 0 bridgehead atoms. The number of benzene rings is 4. The molecular formula is C32H20ClF7N2O3. The van der Waals surface area contributed by atoms with Gasteiger partial charge in [0.1, 0.15) is 11.9 Å². The summed E-state index contributed by atoms with van der Waals surface area (Å²) in [7, 11) is 0.948. The third kappa shape index (κ3) is 6.56. The lowest BCUT2D eigenvalue weighted by Crippen LogP contribution is -2.38. The van der Waals surface area contributed by atoms with Crippen molar-refractivity contribution >= 4 is 28.5 Å². The molecule has 45 heavy (non-hydrogen) atoms. The van der Waals surface area contributed by atoms with Crippen LogP contribution in [-0.2, 0) is 28.3 Å². The third-order valence-corrected chi connectivity index (χ3v) is 7.48. The standard InChI is InChI=1S/C32H20ClF7N2O3/c1-45-29(44)27(16-21-3-2-20(15-25(21)33)18-6-11-23(34)12-7-18)42-28(43)24-14-19(8-13-26(24)41-30(42)32(38,39)40)17-4-9-22(10-5-17)31(35,36)37/h2-15,27H,16H2,1H3/t27-/m1/s1. The molecule has 0 radical (unpaired) electrons. The molecule has 0 aliphatic rings. The molecule has 5 nitrogen and oxygen atoms in total. The fourth-order valence-corrected chi connectivity index (χ4v) is 5.14. The van der Waals surface area contributed by atoms with Gasteiger partial charge in [0.2, 0.25) is 5.82 Å². The van der Waals surface area contributed by atoms with Crippen molar-refractivity contribution in [1.29, 1.82) is 0 Å². The second kappa shape index (κ2) is 12.0. The van der Waals surface area contributed by atoms with Gasteiger partial charge in [0, 0.05) is 11.4 Å². The van der Waals surface area contributed by atoms with Crippen molar-refractivity contribution in [2.45, 2.75) is 24.8 Å². The van der Waals surface area contributed by atoms with Crippen LogP contribution in [0.5, 0.6) is 0 Å². The number of nitrogens with zero attached hydrogens (tertiary/aromatic N) is 2. The highest BCUT2D eigenvalue weighted by Crippen LogP contribution is 2.35. The second-order valence-corrected chi connectivity index (χ2v) is 10.4. The number of hydrogen-bond acceptors (Lipinski definition) is 4. The quantitative estimate of drug-likeness (QED) is 0.137. The van der Waals surface area contributed by atoms with Gasteiger partial charge < -0.3 is 4.74 Å². The van der Waals surface area contributed by atoms with E-state index in [-0.39, 0.29) is 37.2 Å². The molecular weight excluding hydrogens is 629 g/mol. The first kappa shape index (κ1) is 31.7. The van der Waals surface area contributed by atoms with Gasteiger partial charge in [-0.3, -0.25) is 9.36 Å². The number of aromatic nitrogens is 2. The fourth-order valence-electron chi connectivity index (χ4n) is 4.88. The van der Waals surface area contributed by atoms with Crippen LogP contribution < -0.4 is 5.56 Å².